The number of aryl methyl sites for hydroxylation is 2. The zero-order chi connectivity index (χ0) is 17.9. The van der Waals surface area contributed by atoms with E-state index in [0.717, 1.165) is 11.0 Å². The van der Waals surface area contributed by atoms with Crippen molar-refractivity contribution in [3.8, 4) is 0 Å². The van der Waals surface area contributed by atoms with Gasteiger partial charge in [-0.25, -0.2) is 9.59 Å². The Hall–Kier alpha value is -2.57. The predicted molar refractivity (Wildman–Crippen MR) is 90.8 cm³/mol. The molecule has 0 radical (unpaired) electrons. The largest absolute Gasteiger partial charge is 0.480 e. The molecule has 2 atom stereocenters. The molecular weight excluding hydrogens is 310 g/mol. The number of para-hydroxylation sites is 2. The van der Waals surface area contributed by atoms with Gasteiger partial charge in [0.25, 0.3) is 0 Å². The number of aromatic nitrogens is 2. The Bertz CT molecular complexity index is 806. The van der Waals surface area contributed by atoms with Crippen LogP contribution in [0.4, 0.5) is 0 Å². The van der Waals surface area contributed by atoms with Crippen molar-refractivity contribution in [2.45, 2.75) is 39.3 Å². The van der Waals surface area contributed by atoms with Crippen molar-refractivity contribution in [1.29, 1.82) is 0 Å². The van der Waals surface area contributed by atoms with Gasteiger partial charge in [-0.2, -0.15) is 0 Å². The first-order valence-electron chi connectivity index (χ1n) is 8.03. The summed E-state index contributed by atoms with van der Waals surface area (Å²) in [6, 6.07) is 6.45. The number of carbonyl (C=O) groups is 2. The minimum absolute atomic E-state index is 0.0497. The fraction of sp³-hybridized carbons (Fsp3) is 0.471. The highest BCUT2D eigenvalue weighted by Gasteiger charge is 2.25. The lowest BCUT2D eigenvalue weighted by atomic mass is 9.99. The highest BCUT2D eigenvalue weighted by molar-refractivity contribution is 5.84. The standard InChI is InChI=1S/C17H23N3O4/c1-4-11(2)15(16(22)23)18-14(21)9-10-20-13-8-6-5-7-12(13)19(3)17(20)24/h5-8,11,15H,4,9-10H2,1-3H3,(H,18,21)(H,22,23)/t11-,15-/m0/s1. The molecule has 24 heavy (non-hydrogen) atoms. The first-order chi connectivity index (χ1) is 11.4. The SMILES string of the molecule is CC[C@H](C)[C@H](NC(=O)CCn1c(=O)n(C)c2ccccc21)C(=O)O. The Morgan fingerprint density at radius 1 is 1.25 bits per heavy atom. The van der Waals surface area contributed by atoms with Crippen LogP contribution in [0.1, 0.15) is 26.7 Å². The number of nitrogens with zero attached hydrogens (tertiary/aromatic N) is 2. The molecule has 0 unspecified atom stereocenters. The average molecular weight is 333 g/mol. The van der Waals surface area contributed by atoms with E-state index in [2.05, 4.69) is 5.32 Å². The van der Waals surface area contributed by atoms with Crippen molar-refractivity contribution < 1.29 is 14.7 Å². The maximum Gasteiger partial charge on any atom is 0.328 e. The van der Waals surface area contributed by atoms with Gasteiger partial charge in [0, 0.05) is 20.0 Å². The molecule has 1 amide bonds. The highest BCUT2D eigenvalue weighted by atomic mass is 16.4. The molecule has 0 aliphatic carbocycles. The van der Waals surface area contributed by atoms with Crippen LogP contribution in [0, 0.1) is 5.92 Å². The summed E-state index contributed by atoms with van der Waals surface area (Å²) in [5, 5.41) is 11.8. The second-order valence-electron chi connectivity index (χ2n) is 6.00. The monoisotopic (exact) mass is 333 g/mol. The summed E-state index contributed by atoms with van der Waals surface area (Å²) in [4.78, 5) is 35.7. The molecule has 0 spiro atoms. The van der Waals surface area contributed by atoms with Crippen LogP contribution in [0.25, 0.3) is 11.0 Å². The summed E-state index contributed by atoms with van der Waals surface area (Å²) in [5.74, 6) is -1.57. The maximum atomic E-state index is 12.3. The summed E-state index contributed by atoms with van der Waals surface area (Å²) in [6.45, 7) is 3.87. The summed E-state index contributed by atoms with van der Waals surface area (Å²) in [7, 11) is 1.69. The molecule has 0 fully saturated rings. The third kappa shape index (κ3) is 3.50. The molecule has 7 nitrogen and oxygen atoms in total. The van der Waals surface area contributed by atoms with Gasteiger partial charge in [0.2, 0.25) is 5.91 Å². The Morgan fingerprint density at radius 3 is 2.46 bits per heavy atom. The average Bonchev–Trinajstić information content (AvgIpc) is 2.81. The van der Waals surface area contributed by atoms with Crippen molar-refractivity contribution >= 4 is 22.9 Å². The molecule has 1 aromatic heterocycles. The van der Waals surface area contributed by atoms with E-state index in [1.165, 1.54) is 9.13 Å². The quantitative estimate of drug-likeness (QED) is 0.800. The van der Waals surface area contributed by atoms with E-state index < -0.39 is 12.0 Å². The van der Waals surface area contributed by atoms with E-state index in [4.69, 9.17) is 0 Å². The second-order valence-corrected chi connectivity index (χ2v) is 6.00. The molecule has 130 valence electrons. The number of nitrogens with one attached hydrogen (secondary N) is 1. The van der Waals surface area contributed by atoms with Gasteiger partial charge in [-0.05, 0) is 18.1 Å². The van der Waals surface area contributed by atoms with E-state index in [-0.39, 0.29) is 30.5 Å². The molecule has 0 saturated heterocycles. The summed E-state index contributed by atoms with van der Waals surface area (Å²) in [5.41, 5.74) is 1.36. The molecule has 1 heterocycles. The normalized spacial score (nSPS) is 13.6. The smallest absolute Gasteiger partial charge is 0.328 e. The van der Waals surface area contributed by atoms with Crippen LogP contribution >= 0.6 is 0 Å². The number of amides is 1. The molecule has 0 aliphatic rings. The van der Waals surface area contributed by atoms with E-state index in [9.17, 15) is 19.5 Å². The number of carbonyl (C=O) groups excluding carboxylic acids is 1. The van der Waals surface area contributed by atoms with Crippen molar-refractivity contribution in [1.82, 2.24) is 14.5 Å². The Kier molecular flexibility index (Phi) is 5.43. The number of hydrogen-bond acceptors (Lipinski definition) is 3. The van der Waals surface area contributed by atoms with E-state index in [1.54, 1.807) is 14.0 Å². The second kappa shape index (κ2) is 7.33. The van der Waals surface area contributed by atoms with Gasteiger partial charge in [0.1, 0.15) is 6.04 Å². The topological polar surface area (TPSA) is 93.3 Å². The molecule has 0 aliphatic heterocycles. The first kappa shape index (κ1) is 17.8. The Labute approximate surface area is 139 Å². The number of carboxylic acid groups (broad SMARTS) is 1. The van der Waals surface area contributed by atoms with Crippen molar-refractivity contribution in [2.24, 2.45) is 13.0 Å². The van der Waals surface area contributed by atoms with Crippen LogP contribution < -0.4 is 11.0 Å². The van der Waals surface area contributed by atoms with Crippen LogP contribution in [0.5, 0.6) is 0 Å². The zero-order valence-electron chi connectivity index (χ0n) is 14.2. The lowest BCUT2D eigenvalue weighted by Gasteiger charge is -2.20. The van der Waals surface area contributed by atoms with Gasteiger partial charge < -0.3 is 10.4 Å². The van der Waals surface area contributed by atoms with Gasteiger partial charge in [-0.1, -0.05) is 32.4 Å². The summed E-state index contributed by atoms with van der Waals surface area (Å²) < 4.78 is 3.07. The molecule has 0 bridgehead atoms. The Balaban J connectivity index is 2.11. The fourth-order valence-corrected chi connectivity index (χ4v) is 2.72. The minimum atomic E-state index is -1.04. The number of hydrogen-bond donors (Lipinski definition) is 2. The molecule has 2 N–H and O–H groups in total. The van der Waals surface area contributed by atoms with Crippen LogP contribution in [0.3, 0.4) is 0 Å². The number of fused-ring (bicyclic) bond motifs is 1. The molecule has 0 saturated carbocycles. The Morgan fingerprint density at radius 2 is 1.88 bits per heavy atom. The van der Waals surface area contributed by atoms with Gasteiger partial charge in [0.15, 0.2) is 0 Å². The predicted octanol–water partition coefficient (Wildman–Crippen LogP) is 1.35. The number of aliphatic carboxylic acids is 1. The third-order valence-electron chi connectivity index (χ3n) is 4.41. The van der Waals surface area contributed by atoms with Crippen LogP contribution in [0.2, 0.25) is 0 Å². The lowest BCUT2D eigenvalue weighted by molar-refractivity contribution is -0.143. The van der Waals surface area contributed by atoms with Crippen molar-refractivity contribution in [3.63, 3.8) is 0 Å². The molecule has 2 aromatic rings. The van der Waals surface area contributed by atoms with Gasteiger partial charge in [-0.3, -0.25) is 13.9 Å². The van der Waals surface area contributed by atoms with Crippen molar-refractivity contribution in [2.75, 3.05) is 0 Å². The van der Waals surface area contributed by atoms with Crippen LogP contribution in [-0.4, -0.2) is 32.2 Å². The highest BCUT2D eigenvalue weighted by Crippen LogP contribution is 2.12. The van der Waals surface area contributed by atoms with Crippen molar-refractivity contribution in [3.05, 3.63) is 34.7 Å². The molecule has 2 rings (SSSR count). The molecule has 7 heteroatoms. The summed E-state index contributed by atoms with van der Waals surface area (Å²) in [6.07, 6.45) is 0.703. The van der Waals surface area contributed by atoms with E-state index >= 15 is 0 Å². The first-order valence-corrected chi connectivity index (χ1v) is 8.03. The zero-order valence-corrected chi connectivity index (χ0v) is 14.2. The number of imidazole rings is 1. The number of rotatable bonds is 7. The third-order valence-corrected chi connectivity index (χ3v) is 4.41. The summed E-state index contributed by atoms with van der Waals surface area (Å²) >= 11 is 0. The number of carboxylic acids is 1. The fourth-order valence-electron chi connectivity index (χ4n) is 2.72. The van der Waals surface area contributed by atoms with E-state index in [0.29, 0.717) is 6.42 Å². The van der Waals surface area contributed by atoms with E-state index in [1.807, 2.05) is 31.2 Å². The van der Waals surface area contributed by atoms with Gasteiger partial charge in [0.05, 0.1) is 11.0 Å². The molecular formula is C17H23N3O4. The van der Waals surface area contributed by atoms with Crippen LogP contribution in [0.15, 0.2) is 29.1 Å². The van der Waals surface area contributed by atoms with Gasteiger partial charge in [-0.15, -0.1) is 0 Å². The lowest BCUT2D eigenvalue weighted by Crippen LogP contribution is -2.45. The van der Waals surface area contributed by atoms with Crippen LogP contribution in [-0.2, 0) is 23.2 Å². The molecule has 1 aromatic carbocycles. The maximum absolute atomic E-state index is 12.3. The minimum Gasteiger partial charge on any atom is -0.480 e. The number of benzene rings is 1. The van der Waals surface area contributed by atoms with Gasteiger partial charge >= 0.3 is 11.7 Å².